The van der Waals surface area contributed by atoms with Crippen LogP contribution in [0.4, 0.5) is 5.82 Å². The number of nitrogens with two attached hydrogens (primary N) is 2. The zero-order valence-electron chi connectivity index (χ0n) is 32.6. The first-order chi connectivity index (χ1) is 28.2. The topological polar surface area (TPSA) is 410 Å². The van der Waals surface area contributed by atoms with Crippen LogP contribution in [0.25, 0.3) is 11.2 Å². The maximum absolute atomic E-state index is 12.7. The number of aromatic nitrogens is 4. The van der Waals surface area contributed by atoms with Crippen molar-refractivity contribution in [2.75, 3.05) is 37.8 Å². The van der Waals surface area contributed by atoms with Crippen LogP contribution in [0, 0.1) is 5.41 Å². The van der Waals surface area contributed by atoms with E-state index in [9.17, 15) is 63.0 Å². The van der Waals surface area contributed by atoms with Gasteiger partial charge in [-0.15, -0.1) is 0 Å². The molecule has 0 aliphatic carbocycles. The largest absolute Gasteiger partial charge is 0.508 e. The summed E-state index contributed by atoms with van der Waals surface area (Å²) in [4.78, 5) is 88.6. The average Bonchev–Trinajstić information content (AvgIpc) is 3.72. The molecule has 1 aromatic carbocycles. The Morgan fingerprint density at radius 1 is 1.00 bits per heavy atom. The lowest BCUT2D eigenvalue weighted by molar-refractivity contribution is -0.137. The summed E-state index contributed by atoms with van der Waals surface area (Å²) in [6.45, 7) is 1.85. The smallest absolute Gasteiger partial charge is 0.481 e. The van der Waals surface area contributed by atoms with Gasteiger partial charge >= 0.3 is 23.5 Å². The molecular weight excluding hydrogens is 897 g/mol. The molecule has 13 N–H and O–H groups in total. The Hall–Kier alpha value is -3.46. The van der Waals surface area contributed by atoms with Crippen LogP contribution in [0.1, 0.15) is 39.0 Å². The van der Waals surface area contributed by atoms with Crippen LogP contribution in [0.15, 0.2) is 36.9 Å². The molecule has 2 amide bonds. The summed E-state index contributed by atoms with van der Waals surface area (Å²) in [6, 6.07) is 6.27. The van der Waals surface area contributed by atoms with E-state index in [4.69, 9.17) is 25.3 Å². The number of nitrogens with zero attached hydrogens (tertiary/aromatic N) is 4. The Morgan fingerprint density at radius 3 is 2.31 bits per heavy atom. The second kappa shape index (κ2) is 20.4. The predicted octanol–water partition coefficient (Wildman–Crippen LogP) is -0.670. The fourth-order valence-electron chi connectivity index (χ4n) is 5.55. The van der Waals surface area contributed by atoms with Gasteiger partial charge in [0.05, 0.1) is 25.1 Å². The first-order valence-electron chi connectivity index (χ1n) is 17.8. The number of phosphoric ester groups is 3. The molecule has 1 saturated heterocycles. The summed E-state index contributed by atoms with van der Waals surface area (Å²) in [5, 5.41) is 35.5. The first kappa shape index (κ1) is 50.2. The Morgan fingerprint density at radius 2 is 1.66 bits per heavy atom. The van der Waals surface area contributed by atoms with Crippen molar-refractivity contribution in [2.45, 2.75) is 69.8 Å². The number of phenols is 1. The van der Waals surface area contributed by atoms with E-state index >= 15 is 0 Å². The minimum absolute atomic E-state index is 0.0223. The minimum atomic E-state index is -5.59. The summed E-state index contributed by atoms with van der Waals surface area (Å²) < 4.78 is 62.2. The SMILES string of the molecule is CC(C)(COP(=O)(O)OP(=O)(O)OCC1OC(n2cnc3c(N)ncnc32)C(O)C1OP(=O)(O)O)C(O)C(=O)NCCC(=O)NCCSC(=O)[C@@](C)(N)Cc1ccc(O)cc1. The van der Waals surface area contributed by atoms with Gasteiger partial charge < -0.3 is 61.7 Å². The monoisotopic (exact) mass is 944 g/mol. The van der Waals surface area contributed by atoms with E-state index in [1.165, 1.54) is 26.0 Å². The molecule has 61 heavy (non-hydrogen) atoms. The van der Waals surface area contributed by atoms with Crippen LogP contribution in [0.3, 0.4) is 0 Å². The predicted molar refractivity (Wildman–Crippen MR) is 212 cm³/mol. The van der Waals surface area contributed by atoms with Crippen molar-refractivity contribution in [3.63, 3.8) is 0 Å². The third-order valence-corrected chi connectivity index (χ3v) is 12.9. The summed E-state index contributed by atoms with van der Waals surface area (Å²) >= 11 is 0.925. The Kier molecular flexibility index (Phi) is 16.8. The van der Waals surface area contributed by atoms with E-state index in [0.29, 0.717) is 0 Å². The standard InChI is InChI=1S/C31H47N8O18P3S/c1-30(2,24(43)27(44)35-9-8-20(41)34-10-11-61-29(45)31(3,33)12-17-4-6-18(40)7-5-17)14-54-60(51,52)57-59(49,50)53-13-19-23(56-58(46,47)48)22(42)28(55-19)39-16-38-21-25(32)36-15-37-26(21)39/h4-7,15-16,19,22-24,28,40,42-43H,8-14,33H2,1-3H3,(H,34,41)(H,35,44)(H,49,50)(H,51,52)(H2,32,36,37)(H2,46,47,48)/t19?,22?,23?,24?,28?,31-/m0/s1. The molecule has 7 unspecified atom stereocenters. The number of hydrogen-bond acceptors (Lipinski definition) is 20. The number of nitrogen functional groups attached to an aromatic ring is 1. The molecule has 0 radical (unpaired) electrons. The number of fused-ring (bicyclic) bond motifs is 1. The molecule has 3 heterocycles. The maximum atomic E-state index is 12.7. The molecule has 26 nitrogen and oxygen atoms in total. The van der Waals surface area contributed by atoms with Gasteiger partial charge in [-0.2, -0.15) is 4.31 Å². The van der Waals surface area contributed by atoms with Gasteiger partial charge in [-0.3, -0.25) is 32.5 Å². The number of hydrogen-bond donors (Lipinski definition) is 11. The average molecular weight is 945 g/mol. The molecule has 0 bridgehead atoms. The Labute approximate surface area is 351 Å². The van der Waals surface area contributed by atoms with E-state index in [1.54, 1.807) is 19.1 Å². The highest BCUT2D eigenvalue weighted by Crippen LogP contribution is 2.61. The fraction of sp³-hybridized carbons (Fsp3) is 0.548. The summed E-state index contributed by atoms with van der Waals surface area (Å²) in [5.41, 5.74) is 9.94. The highest BCUT2D eigenvalue weighted by molar-refractivity contribution is 8.13. The summed E-state index contributed by atoms with van der Waals surface area (Å²) in [6.07, 6.45) is -6.84. The van der Waals surface area contributed by atoms with Gasteiger partial charge in [-0.25, -0.2) is 28.6 Å². The van der Waals surface area contributed by atoms with Crippen molar-refractivity contribution in [1.82, 2.24) is 30.2 Å². The minimum Gasteiger partial charge on any atom is -0.508 e. The molecule has 0 saturated carbocycles. The van der Waals surface area contributed by atoms with Crippen molar-refractivity contribution >= 4 is 69.1 Å². The molecule has 1 aliphatic heterocycles. The van der Waals surface area contributed by atoms with Crippen molar-refractivity contribution in [1.29, 1.82) is 0 Å². The first-order valence-corrected chi connectivity index (χ1v) is 23.3. The zero-order chi connectivity index (χ0) is 45.6. The number of anilines is 1. The number of phenolic OH excluding ortho intramolecular Hbond substituents is 1. The van der Waals surface area contributed by atoms with Crippen LogP contribution >= 0.6 is 35.2 Å². The lowest BCUT2D eigenvalue weighted by atomic mass is 9.87. The molecule has 0 spiro atoms. The van der Waals surface area contributed by atoms with Crippen LogP contribution in [-0.4, -0.2) is 133 Å². The number of benzene rings is 1. The molecule has 30 heteroatoms. The van der Waals surface area contributed by atoms with Crippen molar-refractivity contribution in [3.05, 3.63) is 42.5 Å². The second-order valence-electron chi connectivity index (χ2n) is 14.5. The van der Waals surface area contributed by atoms with Crippen LogP contribution in [0.5, 0.6) is 5.75 Å². The van der Waals surface area contributed by atoms with Gasteiger partial charge in [-0.1, -0.05) is 37.7 Å². The lowest BCUT2D eigenvalue weighted by Gasteiger charge is -2.30. The maximum Gasteiger partial charge on any atom is 0.481 e. The number of nitrogens with one attached hydrogen (secondary N) is 2. The van der Waals surface area contributed by atoms with Gasteiger partial charge in [0.1, 0.15) is 42.0 Å². The number of imidazole rings is 1. The van der Waals surface area contributed by atoms with E-state index in [1.807, 2.05) is 0 Å². The zero-order valence-corrected chi connectivity index (χ0v) is 36.1. The van der Waals surface area contributed by atoms with Crippen LogP contribution < -0.4 is 22.1 Å². The number of aliphatic hydroxyl groups excluding tert-OH is 2. The Balaban J connectivity index is 1.20. The molecular formula is C31H47N8O18P3S. The van der Waals surface area contributed by atoms with Gasteiger partial charge in [0.25, 0.3) is 0 Å². The molecule has 4 rings (SSSR count). The van der Waals surface area contributed by atoms with Crippen LogP contribution in [-0.2, 0) is 57.1 Å². The third kappa shape index (κ3) is 14.5. The second-order valence-corrected chi connectivity index (χ2v) is 19.8. The third-order valence-electron chi connectivity index (χ3n) is 8.71. The van der Waals surface area contributed by atoms with E-state index in [0.717, 1.165) is 34.5 Å². The molecule has 1 fully saturated rings. The molecule has 8 atom stereocenters. The highest BCUT2D eigenvalue weighted by atomic mass is 32.2. The molecule has 2 aromatic heterocycles. The number of thioether (sulfide) groups is 1. The number of aromatic hydroxyl groups is 1. The van der Waals surface area contributed by atoms with Crippen molar-refractivity contribution < 1.29 is 85.6 Å². The molecule has 1 aliphatic rings. The van der Waals surface area contributed by atoms with E-state index < -0.39 is 90.1 Å². The lowest BCUT2D eigenvalue weighted by Crippen LogP contribution is -2.46. The van der Waals surface area contributed by atoms with Crippen LogP contribution in [0.2, 0.25) is 0 Å². The van der Waals surface area contributed by atoms with Gasteiger partial charge in [0.2, 0.25) is 16.9 Å². The van der Waals surface area contributed by atoms with E-state index in [-0.39, 0.29) is 59.5 Å². The quantitative estimate of drug-likeness (QED) is 0.0439. The number of aliphatic hydroxyl groups is 2. The number of ether oxygens (including phenoxy) is 1. The number of amides is 2. The molecule has 340 valence electrons. The number of carbonyl (C=O) groups excluding carboxylic acids is 3. The van der Waals surface area contributed by atoms with Crippen molar-refractivity contribution in [2.24, 2.45) is 11.1 Å². The molecule has 3 aromatic rings. The fourth-order valence-corrected chi connectivity index (χ4v) is 9.17. The number of rotatable bonds is 22. The van der Waals surface area contributed by atoms with Crippen molar-refractivity contribution in [3.8, 4) is 5.75 Å². The highest BCUT2D eigenvalue weighted by Gasteiger charge is 2.50. The summed E-state index contributed by atoms with van der Waals surface area (Å²) in [7, 11) is -16.5. The number of phosphoric acid groups is 3. The van der Waals surface area contributed by atoms with Gasteiger partial charge in [-0.05, 0) is 31.0 Å². The Bertz CT molecular complexity index is 2180. The normalized spacial score (nSPS) is 21.9. The summed E-state index contributed by atoms with van der Waals surface area (Å²) in [5.74, 6) is -1.27. The van der Waals surface area contributed by atoms with Gasteiger partial charge in [0, 0.05) is 30.7 Å². The van der Waals surface area contributed by atoms with Gasteiger partial charge in [0.15, 0.2) is 17.7 Å². The number of carbonyl (C=O) groups is 3. The van der Waals surface area contributed by atoms with E-state index in [2.05, 4.69) is 34.4 Å².